The van der Waals surface area contributed by atoms with Crippen LogP contribution in [0, 0.1) is 0 Å². The number of nitrogens with zero attached hydrogens (tertiary/aromatic N) is 1. The predicted octanol–water partition coefficient (Wildman–Crippen LogP) is 2.52. The normalized spacial score (nSPS) is 11.3. The van der Waals surface area contributed by atoms with Crippen LogP contribution in [0.2, 0.25) is 5.02 Å². The summed E-state index contributed by atoms with van der Waals surface area (Å²) in [5.41, 5.74) is 1.09. The Balaban J connectivity index is 2.28. The Morgan fingerprint density at radius 3 is 2.39 bits per heavy atom. The molecular weight excluding hydrogens is 336 g/mol. The van der Waals surface area contributed by atoms with Crippen LogP contribution in [0.1, 0.15) is 15.9 Å². The zero-order valence-corrected chi connectivity index (χ0v) is 14.4. The van der Waals surface area contributed by atoms with Crippen molar-refractivity contribution >= 4 is 27.5 Å². The molecule has 0 aliphatic heterocycles. The summed E-state index contributed by atoms with van der Waals surface area (Å²) in [6, 6.07) is 13.3. The summed E-state index contributed by atoms with van der Waals surface area (Å²) in [6.45, 7) is 0.144. The quantitative estimate of drug-likeness (QED) is 0.899. The van der Waals surface area contributed by atoms with E-state index in [1.54, 1.807) is 14.1 Å². The molecule has 2 rings (SSSR count). The molecule has 0 bridgehead atoms. The van der Waals surface area contributed by atoms with Gasteiger partial charge in [0.25, 0.3) is 5.91 Å². The minimum Gasteiger partial charge on any atom is -0.345 e. The number of benzene rings is 2. The van der Waals surface area contributed by atoms with Crippen molar-refractivity contribution in [1.29, 1.82) is 0 Å². The molecule has 1 amide bonds. The highest BCUT2D eigenvalue weighted by Gasteiger charge is 2.20. The lowest BCUT2D eigenvalue weighted by Crippen LogP contribution is -2.25. The van der Waals surface area contributed by atoms with Gasteiger partial charge in [0, 0.05) is 26.2 Å². The molecule has 5 nitrogen and oxygen atoms in total. The molecule has 0 atom stereocenters. The first kappa shape index (κ1) is 17.5. The van der Waals surface area contributed by atoms with Crippen molar-refractivity contribution < 1.29 is 13.2 Å². The van der Waals surface area contributed by atoms with E-state index in [9.17, 15) is 13.2 Å². The number of amides is 1. The highest BCUT2D eigenvalue weighted by molar-refractivity contribution is 7.89. The summed E-state index contributed by atoms with van der Waals surface area (Å²) in [6.07, 6.45) is 0. The van der Waals surface area contributed by atoms with E-state index in [0.29, 0.717) is 0 Å². The Kier molecular flexibility index (Phi) is 5.41. The molecule has 0 saturated heterocycles. The van der Waals surface area contributed by atoms with E-state index in [0.717, 1.165) is 5.56 Å². The van der Waals surface area contributed by atoms with Crippen LogP contribution in [0.4, 0.5) is 0 Å². The van der Waals surface area contributed by atoms with E-state index in [1.165, 1.54) is 23.1 Å². The molecule has 0 heterocycles. The summed E-state index contributed by atoms with van der Waals surface area (Å²) >= 11 is 6.00. The summed E-state index contributed by atoms with van der Waals surface area (Å²) in [5, 5.41) is 0.0702. The van der Waals surface area contributed by atoms with E-state index in [1.807, 2.05) is 30.3 Å². The summed E-state index contributed by atoms with van der Waals surface area (Å²) in [4.78, 5) is 13.2. The molecule has 23 heavy (non-hydrogen) atoms. The number of carbonyl (C=O) groups is 1. The van der Waals surface area contributed by atoms with Gasteiger partial charge in [-0.15, -0.1) is 0 Å². The third-order valence-corrected chi connectivity index (χ3v) is 5.07. The van der Waals surface area contributed by atoms with Gasteiger partial charge in [0.2, 0.25) is 10.0 Å². The summed E-state index contributed by atoms with van der Waals surface area (Å²) in [7, 11) is -0.632. The lowest BCUT2D eigenvalue weighted by atomic mass is 10.2. The molecule has 0 aliphatic rings. The van der Waals surface area contributed by atoms with Crippen LogP contribution < -0.4 is 4.72 Å². The van der Waals surface area contributed by atoms with Crippen molar-refractivity contribution in [2.24, 2.45) is 0 Å². The van der Waals surface area contributed by atoms with Gasteiger partial charge in [0.1, 0.15) is 4.90 Å². The van der Waals surface area contributed by atoms with Gasteiger partial charge in [-0.1, -0.05) is 41.9 Å². The third kappa shape index (κ3) is 4.31. The van der Waals surface area contributed by atoms with Crippen molar-refractivity contribution in [2.45, 2.75) is 11.4 Å². The fraction of sp³-hybridized carbons (Fsp3) is 0.188. The second-order valence-electron chi connectivity index (χ2n) is 5.15. The molecule has 0 radical (unpaired) electrons. The fourth-order valence-corrected chi connectivity index (χ4v) is 3.49. The zero-order chi connectivity index (χ0) is 17.0. The summed E-state index contributed by atoms with van der Waals surface area (Å²) in [5.74, 6) is -0.291. The molecule has 0 spiro atoms. The Morgan fingerprint density at radius 2 is 1.78 bits per heavy atom. The predicted molar refractivity (Wildman–Crippen MR) is 89.9 cm³/mol. The van der Waals surface area contributed by atoms with Gasteiger partial charge in [-0.25, -0.2) is 13.1 Å². The van der Waals surface area contributed by atoms with Gasteiger partial charge in [0.05, 0.1) is 5.02 Å². The van der Waals surface area contributed by atoms with E-state index in [2.05, 4.69) is 4.72 Å². The molecule has 1 N–H and O–H groups in total. The smallest absolute Gasteiger partial charge is 0.253 e. The number of sulfonamides is 1. The van der Waals surface area contributed by atoms with Crippen LogP contribution in [0.3, 0.4) is 0 Å². The minimum atomic E-state index is -3.82. The molecule has 0 unspecified atom stereocenters. The van der Waals surface area contributed by atoms with Gasteiger partial charge in [-0.2, -0.15) is 0 Å². The van der Waals surface area contributed by atoms with Crippen molar-refractivity contribution in [3.8, 4) is 0 Å². The third-order valence-electron chi connectivity index (χ3n) is 3.18. The van der Waals surface area contributed by atoms with Gasteiger partial charge >= 0.3 is 0 Å². The van der Waals surface area contributed by atoms with Gasteiger partial charge in [-0.3, -0.25) is 4.79 Å². The van der Waals surface area contributed by atoms with E-state index in [-0.39, 0.29) is 27.9 Å². The Morgan fingerprint density at radius 1 is 1.13 bits per heavy atom. The van der Waals surface area contributed by atoms with Crippen LogP contribution in [-0.2, 0) is 16.6 Å². The standard InChI is InChI=1S/C16H17ClN2O3S/c1-19(2)16(20)13-8-9-14(17)15(10-13)23(21,22)18-11-12-6-4-3-5-7-12/h3-10,18H,11H2,1-2H3. The number of hydrogen-bond acceptors (Lipinski definition) is 3. The monoisotopic (exact) mass is 352 g/mol. The Hall–Kier alpha value is -1.89. The van der Waals surface area contributed by atoms with Crippen LogP contribution >= 0.6 is 11.6 Å². The first-order valence-corrected chi connectivity index (χ1v) is 8.72. The highest BCUT2D eigenvalue weighted by atomic mass is 35.5. The maximum atomic E-state index is 12.5. The highest BCUT2D eigenvalue weighted by Crippen LogP contribution is 2.23. The van der Waals surface area contributed by atoms with E-state index >= 15 is 0 Å². The SMILES string of the molecule is CN(C)C(=O)c1ccc(Cl)c(S(=O)(=O)NCc2ccccc2)c1. The molecule has 7 heteroatoms. The molecule has 2 aromatic carbocycles. The minimum absolute atomic E-state index is 0.0702. The maximum Gasteiger partial charge on any atom is 0.253 e. The fourth-order valence-electron chi connectivity index (χ4n) is 1.95. The average Bonchev–Trinajstić information content (AvgIpc) is 2.53. The number of hydrogen-bond donors (Lipinski definition) is 1. The molecular formula is C16H17ClN2O3S. The number of nitrogens with one attached hydrogen (secondary N) is 1. The van der Waals surface area contributed by atoms with Crippen LogP contribution in [0.15, 0.2) is 53.4 Å². The molecule has 2 aromatic rings. The molecule has 0 saturated carbocycles. The van der Waals surface area contributed by atoms with Crippen LogP contribution in [0.25, 0.3) is 0 Å². The largest absolute Gasteiger partial charge is 0.345 e. The molecule has 0 aromatic heterocycles. The lowest BCUT2D eigenvalue weighted by molar-refractivity contribution is 0.0827. The lowest BCUT2D eigenvalue weighted by Gasteiger charge is -2.13. The zero-order valence-electron chi connectivity index (χ0n) is 12.8. The van der Waals surface area contributed by atoms with Crippen molar-refractivity contribution in [2.75, 3.05) is 14.1 Å². The summed E-state index contributed by atoms with van der Waals surface area (Å²) < 4.78 is 27.4. The van der Waals surface area contributed by atoms with Crippen molar-refractivity contribution in [3.63, 3.8) is 0 Å². The molecule has 0 aliphatic carbocycles. The van der Waals surface area contributed by atoms with Crippen LogP contribution in [0.5, 0.6) is 0 Å². The second-order valence-corrected chi connectivity index (χ2v) is 7.30. The van der Waals surface area contributed by atoms with Gasteiger partial charge < -0.3 is 4.90 Å². The Bertz CT molecular complexity index is 805. The Labute approximate surface area is 140 Å². The maximum absolute atomic E-state index is 12.5. The number of rotatable bonds is 5. The first-order chi connectivity index (χ1) is 10.8. The van der Waals surface area contributed by atoms with E-state index < -0.39 is 10.0 Å². The van der Waals surface area contributed by atoms with Crippen LogP contribution in [-0.4, -0.2) is 33.3 Å². The number of carbonyl (C=O) groups excluding carboxylic acids is 1. The van der Waals surface area contributed by atoms with Gasteiger partial charge in [0.15, 0.2) is 0 Å². The topological polar surface area (TPSA) is 66.5 Å². The average molecular weight is 353 g/mol. The van der Waals surface area contributed by atoms with Crippen molar-refractivity contribution in [1.82, 2.24) is 9.62 Å². The number of halogens is 1. The first-order valence-electron chi connectivity index (χ1n) is 6.86. The van der Waals surface area contributed by atoms with E-state index in [4.69, 9.17) is 11.6 Å². The second kappa shape index (κ2) is 7.12. The van der Waals surface area contributed by atoms with Crippen molar-refractivity contribution in [3.05, 3.63) is 64.7 Å². The molecule has 122 valence electrons. The van der Waals surface area contributed by atoms with Gasteiger partial charge in [-0.05, 0) is 23.8 Å². The molecule has 0 fully saturated rings.